The molecule has 1 unspecified atom stereocenters. The summed E-state index contributed by atoms with van der Waals surface area (Å²) in [4.78, 5) is 14.7. The molecule has 2 aromatic rings. The van der Waals surface area contributed by atoms with Crippen LogP contribution < -0.4 is 10.1 Å². The third-order valence-electron chi connectivity index (χ3n) is 6.13. The van der Waals surface area contributed by atoms with E-state index in [4.69, 9.17) is 9.47 Å². The molecule has 0 spiro atoms. The summed E-state index contributed by atoms with van der Waals surface area (Å²) >= 11 is 0. The minimum absolute atomic E-state index is 0.0947. The van der Waals surface area contributed by atoms with Crippen LogP contribution in [0.4, 0.5) is 0 Å². The molecule has 5 nitrogen and oxygen atoms in total. The van der Waals surface area contributed by atoms with E-state index in [9.17, 15) is 4.79 Å². The molecule has 2 aromatic carbocycles. The highest BCUT2D eigenvalue weighted by Gasteiger charge is 2.37. The van der Waals surface area contributed by atoms with Gasteiger partial charge in [0.05, 0.1) is 13.2 Å². The van der Waals surface area contributed by atoms with Crippen molar-refractivity contribution >= 4 is 5.91 Å². The van der Waals surface area contributed by atoms with Crippen LogP contribution in [0.1, 0.15) is 36.5 Å². The molecule has 3 rings (SSSR count). The standard InChI is InChI=1S/C25H34N2O3/c1-19-10-11-23(29-4)22(16-19)25(12-14-30-15-13-25)18-26-20(2)24(28)27(3)17-21-8-6-5-7-9-21/h5-11,16,20,26H,12-15,17-18H2,1-4H3. The third kappa shape index (κ3) is 5.21. The van der Waals surface area contributed by atoms with Crippen molar-refractivity contribution in [1.82, 2.24) is 10.2 Å². The molecule has 1 aliphatic rings. The van der Waals surface area contributed by atoms with Crippen LogP contribution >= 0.6 is 0 Å². The molecule has 5 heteroatoms. The van der Waals surface area contributed by atoms with Crippen molar-refractivity contribution in [2.75, 3.05) is 33.9 Å². The molecular weight excluding hydrogens is 376 g/mol. The fourth-order valence-corrected chi connectivity index (χ4v) is 4.24. The summed E-state index contributed by atoms with van der Waals surface area (Å²) in [5.74, 6) is 1.00. The van der Waals surface area contributed by atoms with Crippen molar-refractivity contribution in [3.63, 3.8) is 0 Å². The van der Waals surface area contributed by atoms with E-state index in [1.54, 1.807) is 12.0 Å². The van der Waals surface area contributed by atoms with Gasteiger partial charge in [-0.2, -0.15) is 0 Å². The first-order valence-electron chi connectivity index (χ1n) is 10.7. The van der Waals surface area contributed by atoms with Crippen molar-refractivity contribution < 1.29 is 14.3 Å². The van der Waals surface area contributed by atoms with E-state index < -0.39 is 0 Å². The molecule has 1 fully saturated rings. The zero-order valence-corrected chi connectivity index (χ0v) is 18.6. The van der Waals surface area contributed by atoms with E-state index >= 15 is 0 Å². The van der Waals surface area contributed by atoms with Gasteiger partial charge in [-0.15, -0.1) is 0 Å². The van der Waals surface area contributed by atoms with Gasteiger partial charge >= 0.3 is 0 Å². The minimum atomic E-state index is -0.269. The van der Waals surface area contributed by atoms with Crippen molar-refractivity contribution in [3.8, 4) is 5.75 Å². The third-order valence-corrected chi connectivity index (χ3v) is 6.13. The Balaban J connectivity index is 1.71. The Bertz CT molecular complexity index is 832. The second-order valence-corrected chi connectivity index (χ2v) is 8.38. The summed E-state index contributed by atoms with van der Waals surface area (Å²) in [6.07, 6.45) is 1.81. The van der Waals surface area contributed by atoms with Gasteiger partial charge in [0.25, 0.3) is 0 Å². The summed E-state index contributed by atoms with van der Waals surface area (Å²) in [6.45, 7) is 6.81. The lowest BCUT2D eigenvalue weighted by molar-refractivity contribution is -0.132. The number of ether oxygens (including phenoxy) is 2. The number of nitrogens with one attached hydrogen (secondary N) is 1. The van der Waals surface area contributed by atoms with E-state index in [-0.39, 0.29) is 17.4 Å². The Morgan fingerprint density at radius 3 is 2.57 bits per heavy atom. The predicted molar refractivity (Wildman–Crippen MR) is 120 cm³/mol. The molecule has 1 amide bonds. The Labute approximate surface area is 180 Å². The van der Waals surface area contributed by atoms with Crippen molar-refractivity contribution in [1.29, 1.82) is 0 Å². The fraction of sp³-hybridized carbons (Fsp3) is 0.480. The van der Waals surface area contributed by atoms with Crippen LogP contribution in [-0.4, -0.2) is 50.8 Å². The van der Waals surface area contributed by atoms with Crippen LogP contribution in [0.3, 0.4) is 0 Å². The molecule has 0 aromatic heterocycles. The zero-order valence-electron chi connectivity index (χ0n) is 18.6. The first-order valence-corrected chi connectivity index (χ1v) is 10.7. The Morgan fingerprint density at radius 1 is 1.20 bits per heavy atom. The molecule has 1 saturated heterocycles. The van der Waals surface area contributed by atoms with Gasteiger partial charge in [-0.05, 0) is 38.3 Å². The summed E-state index contributed by atoms with van der Waals surface area (Å²) in [7, 11) is 3.58. The predicted octanol–water partition coefficient (Wildman–Crippen LogP) is 3.69. The highest BCUT2D eigenvalue weighted by molar-refractivity contribution is 5.81. The first kappa shape index (κ1) is 22.3. The number of amides is 1. The Hall–Kier alpha value is -2.37. The summed E-state index contributed by atoms with van der Waals surface area (Å²) in [6, 6.07) is 16.2. The number of hydrogen-bond donors (Lipinski definition) is 1. The van der Waals surface area contributed by atoms with Gasteiger partial charge in [0, 0.05) is 44.3 Å². The average molecular weight is 411 g/mol. The van der Waals surface area contributed by atoms with E-state index in [1.165, 1.54) is 11.1 Å². The Kier molecular flexibility index (Phi) is 7.51. The second kappa shape index (κ2) is 10.1. The molecular formula is C25H34N2O3. The number of methoxy groups -OCH3 is 1. The van der Waals surface area contributed by atoms with Crippen molar-refractivity contribution in [3.05, 3.63) is 65.2 Å². The monoisotopic (exact) mass is 410 g/mol. The highest BCUT2D eigenvalue weighted by Crippen LogP contribution is 2.40. The maximum absolute atomic E-state index is 13.0. The smallest absolute Gasteiger partial charge is 0.239 e. The van der Waals surface area contributed by atoms with Gasteiger partial charge in [-0.3, -0.25) is 4.79 Å². The van der Waals surface area contributed by atoms with Crippen molar-refractivity contribution in [2.24, 2.45) is 0 Å². The van der Waals surface area contributed by atoms with Gasteiger partial charge in [-0.25, -0.2) is 0 Å². The lowest BCUT2D eigenvalue weighted by Crippen LogP contribution is -2.50. The molecule has 0 radical (unpaired) electrons. The molecule has 0 bridgehead atoms. The normalized spacial score (nSPS) is 16.7. The maximum Gasteiger partial charge on any atom is 0.239 e. The van der Waals surface area contributed by atoms with Crippen LogP contribution in [0.15, 0.2) is 48.5 Å². The van der Waals surface area contributed by atoms with E-state index in [1.807, 2.05) is 50.4 Å². The zero-order chi connectivity index (χ0) is 21.6. The van der Waals surface area contributed by atoms with E-state index in [0.29, 0.717) is 13.1 Å². The lowest BCUT2D eigenvalue weighted by atomic mass is 9.73. The van der Waals surface area contributed by atoms with Crippen LogP contribution in [0, 0.1) is 6.92 Å². The molecule has 30 heavy (non-hydrogen) atoms. The molecule has 1 aliphatic heterocycles. The van der Waals surface area contributed by atoms with Crippen LogP contribution in [-0.2, 0) is 21.5 Å². The summed E-state index contributed by atoms with van der Waals surface area (Å²) in [5.41, 5.74) is 3.44. The number of rotatable bonds is 8. The molecule has 0 aliphatic carbocycles. The summed E-state index contributed by atoms with van der Waals surface area (Å²) in [5, 5.41) is 3.53. The summed E-state index contributed by atoms with van der Waals surface area (Å²) < 4.78 is 11.4. The topological polar surface area (TPSA) is 50.8 Å². The molecule has 1 atom stereocenters. The maximum atomic E-state index is 13.0. The lowest BCUT2D eigenvalue weighted by Gasteiger charge is -2.39. The van der Waals surface area contributed by atoms with Crippen molar-refractivity contribution in [2.45, 2.75) is 44.7 Å². The molecule has 1 N–H and O–H groups in total. The number of hydrogen-bond acceptors (Lipinski definition) is 4. The highest BCUT2D eigenvalue weighted by atomic mass is 16.5. The molecule has 0 saturated carbocycles. The molecule has 1 heterocycles. The average Bonchev–Trinajstić information content (AvgIpc) is 2.78. The number of benzene rings is 2. The second-order valence-electron chi connectivity index (χ2n) is 8.38. The largest absolute Gasteiger partial charge is 0.496 e. The molecule has 162 valence electrons. The first-order chi connectivity index (χ1) is 14.4. The van der Waals surface area contributed by atoms with Gasteiger partial charge in [0.15, 0.2) is 0 Å². The number of nitrogens with zero attached hydrogens (tertiary/aromatic N) is 1. The minimum Gasteiger partial charge on any atom is -0.496 e. The SMILES string of the molecule is COc1ccc(C)cc1C1(CNC(C)C(=O)N(C)Cc2ccccc2)CCOCC1. The van der Waals surface area contributed by atoms with E-state index in [2.05, 4.69) is 24.4 Å². The van der Waals surface area contributed by atoms with Crippen LogP contribution in [0.25, 0.3) is 0 Å². The van der Waals surface area contributed by atoms with Crippen LogP contribution in [0.2, 0.25) is 0 Å². The van der Waals surface area contributed by atoms with Gasteiger partial charge in [0.2, 0.25) is 5.91 Å². The van der Waals surface area contributed by atoms with Crippen LogP contribution in [0.5, 0.6) is 5.75 Å². The van der Waals surface area contributed by atoms with E-state index in [0.717, 1.165) is 37.4 Å². The van der Waals surface area contributed by atoms with Gasteiger partial charge in [0.1, 0.15) is 5.75 Å². The number of likely N-dealkylation sites (N-methyl/N-ethyl adjacent to an activating group) is 1. The number of carbonyl (C=O) groups excluding carboxylic acids is 1. The van der Waals surface area contributed by atoms with Gasteiger partial charge in [-0.1, -0.05) is 48.0 Å². The van der Waals surface area contributed by atoms with Gasteiger partial charge < -0.3 is 19.7 Å². The number of aryl methyl sites for hydroxylation is 1. The quantitative estimate of drug-likeness (QED) is 0.721. The Morgan fingerprint density at radius 2 is 1.90 bits per heavy atom. The fourth-order valence-electron chi connectivity index (χ4n) is 4.24. The number of carbonyl (C=O) groups is 1.